The Balaban J connectivity index is 2.06. The second-order valence-corrected chi connectivity index (χ2v) is 6.16. The minimum absolute atomic E-state index is 0.0599. The smallest absolute Gasteiger partial charge is 0.357 e. The van der Waals surface area contributed by atoms with Gasteiger partial charge in [0.25, 0.3) is 0 Å². The molecule has 0 aliphatic carbocycles. The molecule has 1 aromatic heterocycles. The molecule has 0 aliphatic rings. The van der Waals surface area contributed by atoms with Gasteiger partial charge in [0.05, 0.1) is 0 Å². The Bertz CT molecular complexity index is 738. The third-order valence-corrected chi connectivity index (χ3v) is 3.71. The molecule has 0 radical (unpaired) electrons. The second kappa shape index (κ2) is 8.17. The fourth-order valence-corrected chi connectivity index (χ4v) is 2.63. The van der Waals surface area contributed by atoms with E-state index in [0.717, 1.165) is 11.8 Å². The van der Waals surface area contributed by atoms with Gasteiger partial charge in [-0.15, -0.1) is 0 Å². The standard InChI is InChI=1S/C17H16ClFN2O2S/c1-11(2)21(13-8-6-12(18)7-9-13)16(24)10-23-17(22)14-4-3-5-15(19)20-14/h3-9,11H,10H2,1-2H3. The van der Waals surface area contributed by atoms with Crippen LogP contribution in [-0.4, -0.2) is 28.6 Å². The average Bonchev–Trinajstić information content (AvgIpc) is 2.54. The summed E-state index contributed by atoms with van der Waals surface area (Å²) in [5, 5.41) is 0.622. The van der Waals surface area contributed by atoms with Crippen molar-refractivity contribution in [2.24, 2.45) is 0 Å². The van der Waals surface area contributed by atoms with Crippen LogP contribution in [-0.2, 0) is 4.74 Å². The number of hydrogen-bond acceptors (Lipinski definition) is 4. The van der Waals surface area contributed by atoms with E-state index in [9.17, 15) is 9.18 Å². The molecule has 0 atom stereocenters. The Morgan fingerprint density at radius 2 is 1.96 bits per heavy atom. The molecule has 2 aromatic rings. The highest BCUT2D eigenvalue weighted by Gasteiger charge is 2.18. The zero-order valence-electron chi connectivity index (χ0n) is 13.2. The third kappa shape index (κ3) is 4.72. The van der Waals surface area contributed by atoms with E-state index in [2.05, 4.69) is 4.98 Å². The van der Waals surface area contributed by atoms with Gasteiger partial charge in [0.1, 0.15) is 11.6 Å². The molecule has 4 nitrogen and oxygen atoms in total. The largest absolute Gasteiger partial charge is 0.454 e. The van der Waals surface area contributed by atoms with Gasteiger partial charge in [-0.05, 0) is 50.2 Å². The average molecular weight is 367 g/mol. The molecule has 0 bridgehead atoms. The predicted molar refractivity (Wildman–Crippen MR) is 96.1 cm³/mol. The van der Waals surface area contributed by atoms with E-state index in [0.29, 0.717) is 10.0 Å². The summed E-state index contributed by atoms with van der Waals surface area (Å²) in [6.07, 6.45) is 0. The molecule has 0 amide bonds. The van der Waals surface area contributed by atoms with E-state index in [4.69, 9.17) is 28.6 Å². The van der Waals surface area contributed by atoms with Crippen LogP contribution in [0.3, 0.4) is 0 Å². The van der Waals surface area contributed by atoms with Crippen LogP contribution in [0.1, 0.15) is 24.3 Å². The van der Waals surface area contributed by atoms with E-state index < -0.39 is 11.9 Å². The van der Waals surface area contributed by atoms with Gasteiger partial charge in [-0.2, -0.15) is 4.39 Å². The van der Waals surface area contributed by atoms with Crippen molar-refractivity contribution in [3.63, 3.8) is 0 Å². The molecule has 24 heavy (non-hydrogen) atoms. The fraction of sp³-hybridized carbons (Fsp3) is 0.235. The van der Waals surface area contributed by atoms with E-state index in [1.807, 2.05) is 30.9 Å². The minimum Gasteiger partial charge on any atom is -0.454 e. The summed E-state index contributed by atoms with van der Waals surface area (Å²) in [5.74, 6) is -1.46. The first kappa shape index (κ1) is 18.3. The van der Waals surface area contributed by atoms with Crippen molar-refractivity contribution in [1.82, 2.24) is 4.98 Å². The topological polar surface area (TPSA) is 42.4 Å². The number of nitrogens with zero attached hydrogens (tertiary/aromatic N) is 2. The number of rotatable bonds is 5. The van der Waals surface area contributed by atoms with Crippen LogP contribution in [0, 0.1) is 5.95 Å². The number of esters is 1. The van der Waals surface area contributed by atoms with Crippen molar-refractivity contribution < 1.29 is 13.9 Å². The van der Waals surface area contributed by atoms with Crippen molar-refractivity contribution in [2.45, 2.75) is 19.9 Å². The first-order chi connectivity index (χ1) is 11.4. The number of anilines is 1. The maximum Gasteiger partial charge on any atom is 0.357 e. The predicted octanol–water partition coefficient (Wildman–Crippen LogP) is 4.27. The normalized spacial score (nSPS) is 10.5. The van der Waals surface area contributed by atoms with Crippen molar-refractivity contribution in [3.05, 3.63) is 59.1 Å². The summed E-state index contributed by atoms with van der Waals surface area (Å²) in [6.45, 7) is 3.83. The molecule has 0 spiro atoms. The van der Waals surface area contributed by atoms with Crippen LogP contribution >= 0.6 is 23.8 Å². The lowest BCUT2D eigenvalue weighted by Gasteiger charge is -2.29. The van der Waals surface area contributed by atoms with E-state index >= 15 is 0 Å². The number of halogens is 2. The molecule has 0 unspecified atom stereocenters. The highest BCUT2D eigenvalue weighted by Crippen LogP contribution is 2.21. The molecule has 1 aromatic carbocycles. The quantitative estimate of drug-likeness (QED) is 0.449. The maximum atomic E-state index is 13.1. The molecule has 0 saturated carbocycles. The Morgan fingerprint density at radius 1 is 1.29 bits per heavy atom. The summed E-state index contributed by atoms with van der Waals surface area (Å²) in [4.78, 5) is 17.7. The molecule has 7 heteroatoms. The molecule has 0 fully saturated rings. The van der Waals surface area contributed by atoms with E-state index in [1.165, 1.54) is 12.1 Å². The van der Waals surface area contributed by atoms with E-state index in [-0.39, 0.29) is 18.3 Å². The molecule has 0 N–H and O–H groups in total. The first-order valence-corrected chi connectivity index (χ1v) is 8.04. The Labute approximate surface area is 150 Å². The number of ether oxygens (including phenoxy) is 1. The Morgan fingerprint density at radius 3 is 2.54 bits per heavy atom. The number of carbonyl (C=O) groups is 1. The highest BCUT2D eigenvalue weighted by molar-refractivity contribution is 7.80. The van der Waals surface area contributed by atoms with Gasteiger partial charge in [0.2, 0.25) is 5.95 Å². The van der Waals surface area contributed by atoms with Gasteiger partial charge in [0.15, 0.2) is 5.69 Å². The van der Waals surface area contributed by atoms with Crippen molar-refractivity contribution in [2.75, 3.05) is 11.5 Å². The summed E-state index contributed by atoms with van der Waals surface area (Å²) in [6, 6.07) is 11.2. The van der Waals surface area contributed by atoms with Crippen molar-refractivity contribution in [1.29, 1.82) is 0 Å². The zero-order valence-corrected chi connectivity index (χ0v) is 14.8. The molecule has 1 heterocycles. The lowest BCUT2D eigenvalue weighted by atomic mass is 10.2. The summed E-state index contributed by atoms with van der Waals surface area (Å²) in [7, 11) is 0. The van der Waals surface area contributed by atoms with Crippen LogP contribution in [0.15, 0.2) is 42.5 Å². The molecule has 2 rings (SSSR count). The van der Waals surface area contributed by atoms with Crippen LogP contribution in [0.5, 0.6) is 0 Å². The number of hydrogen-bond donors (Lipinski definition) is 0. The second-order valence-electron chi connectivity index (χ2n) is 5.26. The lowest BCUT2D eigenvalue weighted by molar-refractivity contribution is 0.0555. The van der Waals surface area contributed by atoms with Crippen LogP contribution in [0.25, 0.3) is 0 Å². The molecule has 0 aliphatic heterocycles. The fourth-order valence-electron chi connectivity index (χ4n) is 2.12. The molecular weight excluding hydrogens is 351 g/mol. The zero-order chi connectivity index (χ0) is 17.7. The maximum absolute atomic E-state index is 13.1. The lowest BCUT2D eigenvalue weighted by Crippen LogP contribution is -2.38. The summed E-state index contributed by atoms with van der Waals surface area (Å²) < 4.78 is 18.2. The molecular formula is C17H16ClFN2O2S. The van der Waals surface area contributed by atoms with Gasteiger partial charge in [-0.1, -0.05) is 29.9 Å². The van der Waals surface area contributed by atoms with E-state index in [1.54, 1.807) is 12.1 Å². The van der Waals surface area contributed by atoms with Crippen LogP contribution < -0.4 is 4.90 Å². The van der Waals surface area contributed by atoms with Crippen LogP contribution in [0.4, 0.5) is 10.1 Å². The van der Waals surface area contributed by atoms with Crippen molar-refractivity contribution >= 4 is 40.5 Å². The van der Waals surface area contributed by atoms with Crippen molar-refractivity contribution in [3.8, 4) is 0 Å². The third-order valence-electron chi connectivity index (χ3n) is 3.14. The number of aromatic nitrogens is 1. The number of benzene rings is 1. The van der Waals surface area contributed by atoms with Crippen LogP contribution in [0.2, 0.25) is 5.02 Å². The van der Waals surface area contributed by atoms with Gasteiger partial charge >= 0.3 is 5.97 Å². The van der Waals surface area contributed by atoms with Gasteiger partial charge in [0, 0.05) is 16.8 Å². The SMILES string of the molecule is CC(C)N(C(=S)COC(=O)c1cccc(F)n1)c1ccc(Cl)cc1. The Kier molecular flexibility index (Phi) is 6.23. The molecule has 0 saturated heterocycles. The summed E-state index contributed by atoms with van der Waals surface area (Å²) >= 11 is 11.3. The van der Waals surface area contributed by atoms with Gasteiger partial charge < -0.3 is 9.64 Å². The number of thiocarbonyl (C=S) groups is 1. The summed E-state index contributed by atoms with van der Waals surface area (Å²) in [5.41, 5.74) is 0.750. The van der Waals surface area contributed by atoms with Gasteiger partial charge in [-0.25, -0.2) is 9.78 Å². The monoisotopic (exact) mass is 366 g/mol. The highest BCUT2D eigenvalue weighted by atomic mass is 35.5. The number of pyridine rings is 1. The number of carbonyl (C=O) groups excluding carboxylic acids is 1. The minimum atomic E-state index is -0.739. The first-order valence-electron chi connectivity index (χ1n) is 7.26. The van der Waals surface area contributed by atoms with Gasteiger partial charge in [-0.3, -0.25) is 0 Å². The molecule has 126 valence electrons. The Hall–Kier alpha value is -2.05.